The number of aromatic nitrogens is 3. The van der Waals surface area contributed by atoms with Gasteiger partial charge < -0.3 is 4.74 Å². The summed E-state index contributed by atoms with van der Waals surface area (Å²) in [5.74, 6) is 0.431. The van der Waals surface area contributed by atoms with Crippen LogP contribution in [0.3, 0.4) is 0 Å². The first-order chi connectivity index (χ1) is 6.86. The molecule has 2 N–H and O–H groups in total. The van der Waals surface area contributed by atoms with Crippen LogP contribution < -0.4 is 5.32 Å². The zero-order chi connectivity index (χ0) is 9.80. The van der Waals surface area contributed by atoms with Crippen LogP contribution in [0.25, 0.3) is 0 Å². The molecule has 0 bridgehead atoms. The summed E-state index contributed by atoms with van der Waals surface area (Å²) in [6.45, 7) is 1.32. The van der Waals surface area contributed by atoms with Crippen LogP contribution in [0.15, 0.2) is 6.33 Å². The highest BCUT2D eigenvalue weighted by molar-refractivity contribution is 5.90. The van der Waals surface area contributed by atoms with E-state index in [9.17, 15) is 4.79 Å². The highest BCUT2D eigenvalue weighted by atomic mass is 16.5. The van der Waals surface area contributed by atoms with E-state index in [1.807, 2.05) is 0 Å². The third-order valence-electron chi connectivity index (χ3n) is 2.25. The molecule has 1 amide bonds. The van der Waals surface area contributed by atoms with Crippen LogP contribution in [-0.2, 0) is 9.53 Å². The van der Waals surface area contributed by atoms with Crippen molar-refractivity contribution < 1.29 is 9.53 Å². The third kappa shape index (κ3) is 2.08. The maximum absolute atomic E-state index is 11.6. The van der Waals surface area contributed by atoms with E-state index in [1.165, 1.54) is 6.33 Å². The molecule has 1 aliphatic heterocycles. The number of H-pyrrole nitrogens is 1. The summed E-state index contributed by atoms with van der Waals surface area (Å²) < 4.78 is 5.17. The maximum atomic E-state index is 11.6. The molecule has 6 nitrogen and oxygen atoms in total. The van der Waals surface area contributed by atoms with Crippen LogP contribution in [0.2, 0.25) is 0 Å². The smallest absolute Gasteiger partial charge is 0.230 e. The van der Waals surface area contributed by atoms with Crippen molar-refractivity contribution >= 4 is 11.9 Å². The van der Waals surface area contributed by atoms with Gasteiger partial charge in [0.15, 0.2) is 0 Å². The van der Waals surface area contributed by atoms with Gasteiger partial charge in [0.1, 0.15) is 6.33 Å². The van der Waals surface area contributed by atoms with Crippen molar-refractivity contribution in [2.45, 2.75) is 12.8 Å². The Hall–Kier alpha value is -1.43. The van der Waals surface area contributed by atoms with Gasteiger partial charge in [0.2, 0.25) is 11.9 Å². The number of amides is 1. The monoisotopic (exact) mass is 196 g/mol. The van der Waals surface area contributed by atoms with E-state index in [4.69, 9.17) is 4.74 Å². The summed E-state index contributed by atoms with van der Waals surface area (Å²) in [6, 6.07) is 0. The van der Waals surface area contributed by atoms with E-state index in [2.05, 4.69) is 20.5 Å². The number of ether oxygens (including phenoxy) is 1. The molecule has 2 rings (SSSR count). The van der Waals surface area contributed by atoms with Crippen molar-refractivity contribution in [1.82, 2.24) is 15.2 Å². The summed E-state index contributed by atoms with van der Waals surface area (Å²) in [5.41, 5.74) is 0. The highest BCUT2D eigenvalue weighted by Gasteiger charge is 2.21. The molecule has 0 spiro atoms. The number of rotatable bonds is 2. The molecule has 1 aromatic rings. The van der Waals surface area contributed by atoms with Crippen molar-refractivity contribution in [2.75, 3.05) is 18.5 Å². The number of nitrogens with one attached hydrogen (secondary N) is 2. The summed E-state index contributed by atoms with van der Waals surface area (Å²) >= 11 is 0. The molecule has 76 valence electrons. The first kappa shape index (κ1) is 9.14. The molecular formula is C8H12N4O2. The summed E-state index contributed by atoms with van der Waals surface area (Å²) in [5, 5.41) is 8.90. The Morgan fingerprint density at radius 2 is 2.36 bits per heavy atom. The largest absolute Gasteiger partial charge is 0.381 e. The number of anilines is 1. The predicted octanol–water partition coefficient (Wildman–Crippen LogP) is 0.170. The Morgan fingerprint density at radius 3 is 3.00 bits per heavy atom. The first-order valence-corrected chi connectivity index (χ1v) is 4.60. The third-order valence-corrected chi connectivity index (χ3v) is 2.25. The Bertz CT molecular complexity index is 292. The van der Waals surface area contributed by atoms with E-state index in [1.54, 1.807) is 0 Å². The SMILES string of the molecule is O=C(Nc1ncn[nH]1)C1CCOCC1. The first-order valence-electron chi connectivity index (χ1n) is 4.60. The second-order valence-corrected chi connectivity index (χ2v) is 3.21. The highest BCUT2D eigenvalue weighted by Crippen LogP contribution is 2.15. The molecule has 14 heavy (non-hydrogen) atoms. The van der Waals surface area contributed by atoms with Gasteiger partial charge in [-0.3, -0.25) is 10.1 Å². The van der Waals surface area contributed by atoms with Gasteiger partial charge >= 0.3 is 0 Å². The molecule has 0 saturated carbocycles. The van der Waals surface area contributed by atoms with Gasteiger partial charge in [-0.05, 0) is 12.8 Å². The Labute approximate surface area is 81.1 Å². The minimum atomic E-state index is -0.00921. The van der Waals surface area contributed by atoms with Crippen LogP contribution in [0, 0.1) is 5.92 Å². The average Bonchev–Trinajstić information content (AvgIpc) is 2.72. The van der Waals surface area contributed by atoms with Gasteiger partial charge in [0.05, 0.1) is 0 Å². The molecule has 1 aromatic heterocycles. The van der Waals surface area contributed by atoms with Gasteiger partial charge in [-0.15, -0.1) is 0 Å². The van der Waals surface area contributed by atoms with E-state index in [0.29, 0.717) is 19.2 Å². The molecular weight excluding hydrogens is 184 g/mol. The van der Waals surface area contributed by atoms with E-state index < -0.39 is 0 Å². The molecule has 0 unspecified atom stereocenters. The Balaban J connectivity index is 1.88. The number of aromatic amines is 1. The molecule has 1 aliphatic rings. The second kappa shape index (κ2) is 4.19. The van der Waals surface area contributed by atoms with Crippen LogP contribution in [0.4, 0.5) is 5.95 Å². The van der Waals surface area contributed by atoms with Crippen molar-refractivity contribution in [3.63, 3.8) is 0 Å². The van der Waals surface area contributed by atoms with Crippen LogP contribution in [-0.4, -0.2) is 34.3 Å². The van der Waals surface area contributed by atoms with Gasteiger partial charge in [-0.2, -0.15) is 10.1 Å². The minimum absolute atomic E-state index is 0.00921. The number of carbonyl (C=O) groups excluding carboxylic acids is 1. The van der Waals surface area contributed by atoms with Crippen LogP contribution in [0.5, 0.6) is 0 Å². The van der Waals surface area contributed by atoms with Gasteiger partial charge in [-0.25, -0.2) is 5.10 Å². The zero-order valence-corrected chi connectivity index (χ0v) is 7.69. The van der Waals surface area contributed by atoms with Crippen molar-refractivity contribution in [1.29, 1.82) is 0 Å². The zero-order valence-electron chi connectivity index (χ0n) is 7.69. The summed E-state index contributed by atoms with van der Waals surface area (Å²) in [7, 11) is 0. The minimum Gasteiger partial charge on any atom is -0.381 e. The van der Waals surface area contributed by atoms with Gasteiger partial charge in [0, 0.05) is 19.1 Å². The Morgan fingerprint density at radius 1 is 1.57 bits per heavy atom. The summed E-state index contributed by atoms with van der Waals surface area (Å²) in [6.07, 6.45) is 2.92. The normalized spacial score (nSPS) is 18.0. The molecule has 0 aliphatic carbocycles. The van der Waals surface area contributed by atoms with Crippen LogP contribution >= 0.6 is 0 Å². The van der Waals surface area contributed by atoms with Crippen molar-refractivity contribution in [2.24, 2.45) is 5.92 Å². The lowest BCUT2D eigenvalue weighted by Gasteiger charge is -2.20. The van der Waals surface area contributed by atoms with Gasteiger partial charge in [0.25, 0.3) is 0 Å². The topological polar surface area (TPSA) is 79.9 Å². The summed E-state index contributed by atoms with van der Waals surface area (Å²) in [4.78, 5) is 15.4. The quantitative estimate of drug-likeness (QED) is 0.706. The fraction of sp³-hybridized carbons (Fsp3) is 0.625. The van der Waals surface area contributed by atoms with Crippen molar-refractivity contribution in [3.8, 4) is 0 Å². The van der Waals surface area contributed by atoms with Gasteiger partial charge in [-0.1, -0.05) is 0 Å². The Kier molecular flexibility index (Phi) is 2.73. The lowest BCUT2D eigenvalue weighted by Crippen LogP contribution is -2.28. The van der Waals surface area contributed by atoms with E-state index in [0.717, 1.165) is 12.8 Å². The molecule has 0 atom stereocenters. The molecule has 2 heterocycles. The lowest BCUT2D eigenvalue weighted by atomic mass is 10.00. The number of hydrogen-bond donors (Lipinski definition) is 2. The number of hydrogen-bond acceptors (Lipinski definition) is 4. The predicted molar refractivity (Wildman–Crippen MR) is 48.6 cm³/mol. The second-order valence-electron chi connectivity index (χ2n) is 3.21. The molecule has 0 radical (unpaired) electrons. The molecule has 1 saturated heterocycles. The molecule has 6 heteroatoms. The van der Waals surface area contributed by atoms with Crippen molar-refractivity contribution in [3.05, 3.63) is 6.33 Å². The van der Waals surface area contributed by atoms with E-state index >= 15 is 0 Å². The van der Waals surface area contributed by atoms with E-state index in [-0.39, 0.29) is 11.8 Å². The number of nitrogens with zero attached hydrogens (tertiary/aromatic N) is 2. The fourth-order valence-corrected chi connectivity index (χ4v) is 1.44. The van der Waals surface area contributed by atoms with Crippen LogP contribution in [0.1, 0.15) is 12.8 Å². The maximum Gasteiger partial charge on any atom is 0.230 e. The fourth-order valence-electron chi connectivity index (χ4n) is 1.44. The lowest BCUT2D eigenvalue weighted by molar-refractivity contribution is -0.122. The average molecular weight is 196 g/mol. The molecule has 0 aromatic carbocycles. The standard InChI is InChI=1S/C8H12N4O2/c13-7(6-1-3-14-4-2-6)11-8-9-5-10-12-8/h5-6H,1-4H2,(H2,9,10,11,12,13). The molecule has 1 fully saturated rings. The number of carbonyl (C=O) groups is 1.